The first-order valence-electron chi connectivity index (χ1n) is 7.41. The van der Waals surface area contributed by atoms with Gasteiger partial charge < -0.3 is 37.0 Å². The molecule has 0 rings (SSSR count). The van der Waals surface area contributed by atoms with E-state index in [1.165, 1.54) is 0 Å². The van der Waals surface area contributed by atoms with Gasteiger partial charge in [0, 0.05) is 12.2 Å². The molecule has 3 atom stereocenters. The third-order valence-electron chi connectivity index (χ3n) is 3.06. The summed E-state index contributed by atoms with van der Waals surface area (Å²) in [4.78, 5) is 56.4. The largest absolute Gasteiger partial charge is 0.481 e. The Morgan fingerprint density at radius 2 is 1.62 bits per heavy atom. The molecule has 148 valence electrons. The molecule has 12 nitrogen and oxygen atoms in total. The van der Waals surface area contributed by atoms with Crippen molar-refractivity contribution in [3.63, 3.8) is 0 Å². The fourth-order valence-corrected chi connectivity index (χ4v) is 1.85. The zero-order valence-electron chi connectivity index (χ0n) is 13.7. The van der Waals surface area contributed by atoms with Crippen LogP contribution in [-0.4, -0.2) is 82.0 Å². The minimum Gasteiger partial charge on any atom is -0.481 e. The molecule has 0 fully saturated rings. The van der Waals surface area contributed by atoms with Gasteiger partial charge in [-0.05, 0) is 6.42 Å². The first-order chi connectivity index (χ1) is 12.1. The van der Waals surface area contributed by atoms with Crippen molar-refractivity contribution in [1.29, 1.82) is 0 Å². The number of carbonyl (C=O) groups excluding carboxylic acids is 3. The van der Waals surface area contributed by atoms with Gasteiger partial charge in [0.15, 0.2) is 0 Å². The molecule has 0 aliphatic heterocycles. The summed E-state index contributed by atoms with van der Waals surface area (Å²) in [7, 11) is 0. The maximum absolute atomic E-state index is 11.8. The number of thiol groups is 1. The van der Waals surface area contributed by atoms with Crippen LogP contribution in [0.5, 0.6) is 0 Å². The highest BCUT2D eigenvalue weighted by molar-refractivity contribution is 7.80. The van der Waals surface area contributed by atoms with Crippen LogP contribution in [0, 0.1) is 0 Å². The normalized spacial score (nSPS) is 13.8. The first kappa shape index (κ1) is 23.6. The van der Waals surface area contributed by atoms with E-state index in [2.05, 4.69) is 28.6 Å². The smallest absolute Gasteiger partial charge is 0.327 e. The Balaban J connectivity index is 4.45. The van der Waals surface area contributed by atoms with Gasteiger partial charge in [-0.15, -0.1) is 0 Å². The molecule has 0 saturated carbocycles. The van der Waals surface area contributed by atoms with Crippen molar-refractivity contribution in [1.82, 2.24) is 16.0 Å². The van der Waals surface area contributed by atoms with Crippen molar-refractivity contribution in [2.45, 2.75) is 31.0 Å². The molecule has 0 bridgehead atoms. The van der Waals surface area contributed by atoms with E-state index in [1.54, 1.807) is 0 Å². The second-order valence-corrected chi connectivity index (χ2v) is 5.51. The SMILES string of the molecule is NC(CCC(=O)O)C(=O)NCC(=O)NC(CO)C(=O)NC(CS)C(=O)O. The molecule has 0 heterocycles. The number of aliphatic carboxylic acids is 2. The molecular formula is C13H22N4O8S. The topological polar surface area (TPSA) is 208 Å². The van der Waals surface area contributed by atoms with Crippen LogP contribution in [0.3, 0.4) is 0 Å². The van der Waals surface area contributed by atoms with E-state index >= 15 is 0 Å². The van der Waals surface area contributed by atoms with Crippen LogP contribution in [0.1, 0.15) is 12.8 Å². The molecule has 3 unspecified atom stereocenters. The lowest BCUT2D eigenvalue weighted by Crippen LogP contribution is -2.55. The highest BCUT2D eigenvalue weighted by Crippen LogP contribution is 1.95. The van der Waals surface area contributed by atoms with Crippen molar-refractivity contribution in [3.8, 4) is 0 Å². The predicted molar refractivity (Wildman–Crippen MR) is 90.3 cm³/mol. The fraction of sp³-hybridized carbons (Fsp3) is 0.615. The average molecular weight is 394 g/mol. The summed E-state index contributed by atoms with van der Waals surface area (Å²) in [6.45, 7) is -1.37. The number of amides is 3. The van der Waals surface area contributed by atoms with Crippen LogP contribution in [0.15, 0.2) is 0 Å². The fourth-order valence-electron chi connectivity index (χ4n) is 1.61. The van der Waals surface area contributed by atoms with Gasteiger partial charge in [0.2, 0.25) is 17.7 Å². The van der Waals surface area contributed by atoms with Crippen molar-refractivity contribution < 1.29 is 39.3 Å². The lowest BCUT2D eigenvalue weighted by molar-refractivity contribution is -0.141. The quantitative estimate of drug-likeness (QED) is 0.153. The summed E-state index contributed by atoms with van der Waals surface area (Å²) in [6, 6.07) is -3.85. The minimum atomic E-state index is -1.43. The van der Waals surface area contributed by atoms with Crippen LogP contribution >= 0.6 is 12.6 Å². The van der Waals surface area contributed by atoms with Crippen LogP contribution in [0.25, 0.3) is 0 Å². The Labute approximate surface area is 153 Å². The van der Waals surface area contributed by atoms with Crippen LogP contribution in [-0.2, 0) is 24.0 Å². The van der Waals surface area contributed by atoms with E-state index in [0.717, 1.165) is 0 Å². The summed E-state index contributed by atoms with van der Waals surface area (Å²) >= 11 is 3.76. The second kappa shape index (κ2) is 12.1. The minimum absolute atomic E-state index is 0.120. The number of rotatable bonds is 12. The van der Waals surface area contributed by atoms with Crippen LogP contribution in [0.4, 0.5) is 0 Å². The third-order valence-corrected chi connectivity index (χ3v) is 3.43. The predicted octanol–water partition coefficient (Wildman–Crippen LogP) is -3.73. The molecule has 3 amide bonds. The summed E-state index contributed by atoms with van der Waals surface area (Å²) in [5.41, 5.74) is 5.45. The molecule has 0 aliphatic rings. The number of carbonyl (C=O) groups is 5. The Morgan fingerprint density at radius 1 is 1.00 bits per heavy atom. The lowest BCUT2D eigenvalue weighted by Gasteiger charge is -2.19. The van der Waals surface area contributed by atoms with E-state index in [4.69, 9.17) is 21.1 Å². The standard InChI is InChI=1S/C13H22N4O8S/c14-6(1-2-10(20)21)11(22)15-3-9(19)16-7(4-18)12(23)17-8(5-26)13(24)25/h6-8,18,26H,1-5,14H2,(H,15,22)(H,16,19)(H,17,23)(H,20,21)(H,24,25). The van der Waals surface area contributed by atoms with Crippen LogP contribution in [0.2, 0.25) is 0 Å². The number of aliphatic hydroxyl groups excluding tert-OH is 1. The number of aliphatic hydroxyl groups is 1. The Hall–Kier alpha value is -2.38. The number of nitrogens with one attached hydrogen (secondary N) is 3. The third kappa shape index (κ3) is 9.19. The highest BCUT2D eigenvalue weighted by Gasteiger charge is 2.25. The molecule has 0 spiro atoms. The van der Waals surface area contributed by atoms with E-state index in [0.29, 0.717) is 0 Å². The van der Waals surface area contributed by atoms with Gasteiger partial charge in [0.05, 0.1) is 19.2 Å². The number of hydrogen-bond acceptors (Lipinski definition) is 8. The van der Waals surface area contributed by atoms with E-state index in [9.17, 15) is 24.0 Å². The molecule has 13 heteroatoms. The molecule has 0 aromatic carbocycles. The Bertz CT molecular complexity index is 544. The zero-order chi connectivity index (χ0) is 20.3. The van der Waals surface area contributed by atoms with Gasteiger partial charge in [-0.1, -0.05) is 0 Å². The number of hydrogen-bond donors (Lipinski definition) is 8. The number of carboxylic acid groups (broad SMARTS) is 2. The Kier molecular flexibility index (Phi) is 10.9. The lowest BCUT2D eigenvalue weighted by atomic mass is 10.1. The van der Waals surface area contributed by atoms with Crippen molar-refractivity contribution in [2.75, 3.05) is 18.9 Å². The monoisotopic (exact) mass is 394 g/mol. The number of nitrogens with two attached hydrogens (primary N) is 1. The van der Waals surface area contributed by atoms with Crippen molar-refractivity contribution in [3.05, 3.63) is 0 Å². The zero-order valence-corrected chi connectivity index (χ0v) is 14.6. The highest BCUT2D eigenvalue weighted by atomic mass is 32.1. The van der Waals surface area contributed by atoms with Gasteiger partial charge in [-0.3, -0.25) is 19.2 Å². The van der Waals surface area contributed by atoms with Gasteiger partial charge in [-0.25, -0.2) is 4.79 Å². The maximum Gasteiger partial charge on any atom is 0.327 e. The molecule has 0 radical (unpaired) electrons. The van der Waals surface area contributed by atoms with Crippen LogP contribution < -0.4 is 21.7 Å². The molecular weight excluding hydrogens is 372 g/mol. The Morgan fingerprint density at radius 3 is 2.08 bits per heavy atom. The molecule has 0 aromatic rings. The van der Waals surface area contributed by atoms with E-state index in [-0.39, 0.29) is 18.6 Å². The number of carboxylic acids is 2. The molecule has 0 aliphatic carbocycles. The van der Waals surface area contributed by atoms with E-state index < -0.39 is 60.9 Å². The molecule has 8 N–H and O–H groups in total. The average Bonchev–Trinajstić information content (AvgIpc) is 2.59. The van der Waals surface area contributed by atoms with Gasteiger partial charge in [-0.2, -0.15) is 12.6 Å². The first-order valence-corrected chi connectivity index (χ1v) is 8.04. The van der Waals surface area contributed by atoms with E-state index in [1.807, 2.05) is 0 Å². The van der Waals surface area contributed by atoms with Gasteiger partial charge in [0.1, 0.15) is 12.1 Å². The summed E-state index contributed by atoms with van der Waals surface area (Å²) in [5, 5.41) is 32.8. The summed E-state index contributed by atoms with van der Waals surface area (Å²) in [5.74, 6) is -5.19. The summed E-state index contributed by atoms with van der Waals surface area (Å²) < 4.78 is 0. The second-order valence-electron chi connectivity index (χ2n) is 5.14. The van der Waals surface area contributed by atoms with Gasteiger partial charge in [0.25, 0.3) is 0 Å². The molecule has 26 heavy (non-hydrogen) atoms. The maximum atomic E-state index is 11.8. The van der Waals surface area contributed by atoms with Gasteiger partial charge >= 0.3 is 11.9 Å². The molecule has 0 saturated heterocycles. The summed E-state index contributed by atoms with van der Waals surface area (Å²) in [6.07, 6.45) is -0.436. The van der Waals surface area contributed by atoms with Crippen molar-refractivity contribution >= 4 is 42.3 Å². The molecule has 0 aromatic heterocycles. The van der Waals surface area contributed by atoms with Crippen molar-refractivity contribution in [2.24, 2.45) is 5.73 Å².